The fourth-order valence-electron chi connectivity index (χ4n) is 2.80. The van der Waals surface area contributed by atoms with Crippen LogP contribution in [0.15, 0.2) is 24.4 Å². The van der Waals surface area contributed by atoms with Crippen LogP contribution >= 0.6 is 0 Å². The predicted molar refractivity (Wildman–Crippen MR) is 88.3 cm³/mol. The topological polar surface area (TPSA) is 89.8 Å². The molecule has 1 aliphatic heterocycles. The first-order valence-corrected chi connectivity index (χ1v) is 7.91. The van der Waals surface area contributed by atoms with Crippen LogP contribution < -0.4 is 0 Å². The van der Waals surface area contributed by atoms with Gasteiger partial charge in [-0.1, -0.05) is 19.1 Å². The minimum absolute atomic E-state index is 0.00422. The number of amides is 1. The van der Waals surface area contributed by atoms with Gasteiger partial charge in [0.2, 0.25) is 0 Å². The Balaban J connectivity index is 2.45. The zero-order valence-electron chi connectivity index (χ0n) is 13.7. The van der Waals surface area contributed by atoms with Gasteiger partial charge in [0, 0.05) is 25.1 Å². The Kier molecular flexibility index (Phi) is 5.68. The molecule has 1 amide bonds. The second-order valence-corrected chi connectivity index (χ2v) is 5.47. The normalized spacial score (nSPS) is 15.8. The van der Waals surface area contributed by atoms with Crippen molar-refractivity contribution >= 4 is 23.6 Å². The minimum Gasteiger partial charge on any atom is -0.449 e. The largest absolute Gasteiger partial charge is 0.449 e. The summed E-state index contributed by atoms with van der Waals surface area (Å²) < 4.78 is 5.04. The summed E-state index contributed by atoms with van der Waals surface area (Å²) in [5, 5.41) is 11.2. The number of ketones is 1. The van der Waals surface area contributed by atoms with Crippen molar-refractivity contribution in [2.24, 2.45) is 0 Å². The average molecular weight is 332 g/mol. The van der Waals surface area contributed by atoms with Gasteiger partial charge in [-0.05, 0) is 25.0 Å². The molecular weight excluding hydrogens is 312 g/mol. The van der Waals surface area contributed by atoms with Gasteiger partial charge in [0.15, 0.2) is 0 Å². The molecule has 0 aliphatic carbocycles. The van der Waals surface area contributed by atoms with E-state index in [1.54, 1.807) is 19.1 Å². The summed E-state index contributed by atoms with van der Waals surface area (Å²) in [7, 11) is 0. The van der Waals surface area contributed by atoms with E-state index in [2.05, 4.69) is 0 Å². The first kappa shape index (κ1) is 17.7. The van der Waals surface area contributed by atoms with Crippen molar-refractivity contribution in [2.75, 3.05) is 6.61 Å². The molecule has 0 fully saturated rings. The second-order valence-electron chi connectivity index (χ2n) is 5.47. The van der Waals surface area contributed by atoms with Crippen LogP contribution in [0, 0.1) is 10.1 Å². The number of rotatable bonds is 6. The van der Waals surface area contributed by atoms with Gasteiger partial charge in [-0.3, -0.25) is 19.8 Å². The van der Waals surface area contributed by atoms with Crippen molar-refractivity contribution in [3.05, 3.63) is 45.6 Å². The molecule has 0 aromatic heterocycles. The SMILES string of the molecule is CCCC(=O)CC1c2cccc([N+](=O)[O-])c2C=CN1C(=O)OCC. The zero-order valence-corrected chi connectivity index (χ0v) is 13.7. The summed E-state index contributed by atoms with van der Waals surface area (Å²) in [5.74, 6) is 0.00422. The molecule has 1 unspecified atom stereocenters. The van der Waals surface area contributed by atoms with Crippen LogP contribution in [0.2, 0.25) is 0 Å². The van der Waals surface area contributed by atoms with Crippen LogP contribution in [0.3, 0.4) is 0 Å². The van der Waals surface area contributed by atoms with E-state index in [4.69, 9.17) is 4.74 Å². The van der Waals surface area contributed by atoms with Gasteiger partial charge in [0.25, 0.3) is 5.69 Å². The highest BCUT2D eigenvalue weighted by molar-refractivity contribution is 5.82. The third-order valence-corrected chi connectivity index (χ3v) is 3.84. The van der Waals surface area contributed by atoms with Crippen molar-refractivity contribution in [3.63, 3.8) is 0 Å². The molecule has 1 heterocycles. The number of ether oxygens (including phenoxy) is 1. The molecule has 128 valence electrons. The van der Waals surface area contributed by atoms with E-state index in [0.29, 0.717) is 24.0 Å². The van der Waals surface area contributed by atoms with Crippen LogP contribution in [0.25, 0.3) is 6.08 Å². The van der Waals surface area contributed by atoms with Crippen LogP contribution in [0.5, 0.6) is 0 Å². The monoisotopic (exact) mass is 332 g/mol. The summed E-state index contributed by atoms with van der Waals surface area (Å²) in [5.41, 5.74) is 0.974. The first-order valence-electron chi connectivity index (χ1n) is 7.91. The summed E-state index contributed by atoms with van der Waals surface area (Å²) in [4.78, 5) is 36.4. The fraction of sp³-hybridized carbons (Fsp3) is 0.412. The zero-order chi connectivity index (χ0) is 17.7. The number of Topliss-reactive ketones (excluding diaryl/α,β-unsaturated/α-hetero) is 1. The molecule has 1 aliphatic rings. The Morgan fingerprint density at radius 1 is 1.33 bits per heavy atom. The Morgan fingerprint density at radius 3 is 2.71 bits per heavy atom. The number of benzene rings is 1. The lowest BCUT2D eigenvalue weighted by Gasteiger charge is -2.32. The highest BCUT2D eigenvalue weighted by Gasteiger charge is 2.33. The van der Waals surface area contributed by atoms with E-state index in [0.717, 1.165) is 0 Å². The van der Waals surface area contributed by atoms with E-state index in [9.17, 15) is 19.7 Å². The highest BCUT2D eigenvalue weighted by Crippen LogP contribution is 2.37. The molecule has 7 nitrogen and oxygen atoms in total. The lowest BCUT2D eigenvalue weighted by molar-refractivity contribution is -0.385. The van der Waals surface area contributed by atoms with Gasteiger partial charge in [-0.15, -0.1) is 0 Å². The summed E-state index contributed by atoms with van der Waals surface area (Å²) in [6.07, 6.45) is 3.62. The predicted octanol–water partition coefficient (Wildman–Crippen LogP) is 3.84. The smallest absolute Gasteiger partial charge is 0.414 e. The molecule has 0 bridgehead atoms. The number of nitro groups is 1. The number of fused-ring (bicyclic) bond motifs is 1. The molecule has 24 heavy (non-hydrogen) atoms. The lowest BCUT2D eigenvalue weighted by Crippen LogP contribution is -2.34. The maximum atomic E-state index is 12.2. The lowest BCUT2D eigenvalue weighted by atomic mass is 9.91. The number of nitrogens with zero attached hydrogens (tertiary/aromatic N) is 2. The third kappa shape index (κ3) is 3.61. The van der Waals surface area contributed by atoms with Gasteiger partial charge in [-0.2, -0.15) is 0 Å². The van der Waals surface area contributed by atoms with Gasteiger partial charge >= 0.3 is 6.09 Å². The molecule has 0 saturated carbocycles. The quantitative estimate of drug-likeness (QED) is 0.583. The molecule has 1 atom stereocenters. The molecule has 2 rings (SSSR count). The molecule has 1 aromatic rings. The van der Waals surface area contributed by atoms with Crippen LogP contribution in [-0.4, -0.2) is 28.3 Å². The van der Waals surface area contributed by atoms with Crippen LogP contribution in [-0.2, 0) is 9.53 Å². The van der Waals surface area contributed by atoms with E-state index < -0.39 is 17.1 Å². The average Bonchev–Trinajstić information content (AvgIpc) is 2.54. The Labute approximate surface area is 140 Å². The summed E-state index contributed by atoms with van der Waals surface area (Å²) >= 11 is 0. The van der Waals surface area contributed by atoms with E-state index in [1.165, 1.54) is 23.2 Å². The minimum atomic E-state index is -0.594. The Hall–Kier alpha value is -2.70. The third-order valence-electron chi connectivity index (χ3n) is 3.84. The Morgan fingerprint density at radius 2 is 2.08 bits per heavy atom. The van der Waals surface area contributed by atoms with Crippen molar-refractivity contribution in [1.82, 2.24) is 4.90 Å². The van der Waals surface area contributed by atoms with Gasteiger partial charge in [0.1, 0.15) is 5.78 Å². The Bertz CT molecular complexity index is 684. The molecule has 0 radical (unpaired) electrons. The summed E-state index contributed by atoms with van der Waals surface area (Å²) in [6, 6.07) is 4.09. The summed E-state index contributed by atoms with van der Waals surface area (Å²) in [6.45, 7) is 3.81. The van der Waals surface area contributed by atoms with Crippen molar-refractivity contribution in [1.29, 1.82) is 0 Å². The standard InChI is InChI=1S/C17H20N2O5/c1-3-6-12(20)11-16-13-7-5-8-15(19(22)23)14(13)9-10-18(16)17(21)24-4-2/h5,7-10,16H,3-4,6,11H2,1-2H3. The molecule has 0 saturated heterocycles. The van der Waals surface area contributed by atoms with Gasteiger partial charge in [-0.25, -0.2) is 4.79 Å². The maximum absolute atomic E-state index is 12.2. The molecule has 7 heteroatoms. The highest BCUT2D eigenvalue weighted by atomic mass is 16.6. The number of hydrogen-bond donors (Lipinski definition) is 0. The van der Waals surface area contributed by atoms with Crippen molar-refractivity contribution < 1.29 is 19.2 Å². The molecule has 0 spiro atoms. The number of carbonyl (C=O) groups is 2. The number of nitro benzene ring substituents is 1. The first-order chi connectivity index (χ1) is 11.5. The van der Waals surface area contributed by atoms with Gasteiger partial charge < -0.3 is 4.74 Å². The van der Waals surface area contributed by atoms with Gasteiger partial charge in [0.05, 0.1) is 23.1 Å². The number of carbonyl (C=O) groups excluding carboxylic acids is 2. The molecule has 1 aromatic carbocycles. The van der Waals surface area contributed by atoms with E-state index in [1.807, 2.05) is 6.92 Å². The van der Waals surface area contributed by atoms with Crippen LogP contribution in [0.4, 0.5) is 10.5 Å². The van der Waals surface area contributed by atoms with E-state index >= 15 is 0 Å². The molecule has 0 N–H and O–H groups in total. The molecular formula is C17H20N2O5. The fourth-order valence-corrected chi connectivity index (χ4v) is 2.80. The number of hydrogen-bond acceptors (Lipinski definition) is 5. The van der Waals surface area contributed by atoms with Crippen molar-refractivity contribution in [3.8, 4) is 0 Å². The van der Waals surface area contributed by atoms with Crippen LogP contribution in [0.1, 0.15) is 50.3 Å². The van der Waals surface area contributed by atoms with Crippen molar-refractivity contribution in [2.45, 2.75) is 39.2 Å². The second kappa shape index (κ2) is 7.72. The maximum Gasteiger partial charge on any atom is 0.414 e. The van der Waals surface area contributed by atoms with E-state index in [-0.39, 0.29) is 24.5 Å².